The molecule has 2 N–H and O–H groups in total. The molecule has 0 saturated carbocycles. The van der Waals surface area contributed by atoms with Gasteiger partial charge in [0, 0.05) is 5.56 Å². The molecular formula is C11H12O6. The number of ether oxygens (including phenoxy) is 2. The van der Waals surface area contributed by atoms with Gasteiger partial charge in [-0.3, -0.25) is 0 Å². The summed E-state index contributed by atoms with van der Waals surface area (Å²) < 4.78 is 9.92. The number of hydrogen-bond donors (Lipinski definition) is 2. The number of carbonyl (C=O) groups is 2. The standard InChI is InChI=1S/C11H12O6/c1-5-8(16-2)6(10(12)13)4-7(11(14)15)9(5)17-3/h4H,1-3H3,(H,12,13)(H,14,15). The van der Waals surface area contributed by atoms with E-state index in [4.69, 9.17) is 19.7 Å². The molecule has 1 aromatic rings. The Morgan fingerprint density at radius 2 is 1.35 bits per heavy atom. The smallest absolute Gasteiger partial charge is 0.339 e. The Bertz CT molecular complexity index is 437. The topological polar surface area (TPSA) is 93.1 Å². The molecule has 0 radical (unpaired) electrons. The van der Waals surface area contributed by atoms with Crippen LogP contribution >= 0.6 is 0 Å². The highest BCUT2D eigenvalue weighted by molar-refractivity contribution is 5.99. The van der Waals surface area contributed by atoms with Crippen molar-refractivity contribution in [3.63, 3.8) is 0 Å². The molecule has 0 atom stereocenters. The van der Waals surface area contributed by atoms with Crippen LogP contribution in [0.2, 0.25) is 0 Å². The second-order valence-corrected chi connectivity index (χ2v) is 3.27. The van der Waals surface area contributed by atoms with Gasteiger partial charge in [0.25, 0.3) is 0 Å². The van der Waals surface area contributed by atoms with Crippen molar-refractivity contribution in [3.8, 4) is 11.5 Å². The lowest BCUT2D eigenvalue weighted by atomic mass is 10.0. The van der Waals surface area contributed by atoms with E-state index >= 15 is 0 Å². The minimum absolute atomic E-state index is 0.0966. The number of rotatable bonds is 4. The van der Waals surface area contributed by atoms with Crippen molar-refractivity contribution >= 4 is 11.9 Å². The van der Waals surface area contributed by atoms with E-state index in [0.29, 0.717) is 5.56 Å². The highest BCUT2D eigenvalue weighted by Gasteiger charge is 2.23. The van der Waals surface area contributed by atoms with E-state index in [1.807, 2.05) is 0 Å². The summed E-state index contributed by atoms with van der Waals surface area (Å²) in [6, 6.07) is 1.02. The Labute approximate surface area is 97.4 Å². The zero-order valence-electron chi connectivity index (χ0n) is 9.60. The van der Waals surface area contributed by atoms with E-state index in [9.17, 15) is 9.59 Å². The van der Waals surface area contributed by atoms with Gasteiger partial charge in [0.15, 0.2) is 0 Å². The summed E-state index contributed by atoms with van der Waals surface area (Å²) in [5.41, 5.74) is -0.0706. The van der Waals surface area contributed by atoms with Gasteiger partial charge in [0.2, 0.25) is 0 Å². The molecule has 1 rings (SSSR count). The summed E-state index contributed by atoms with van der Waals surface area (Å²) in [6.07, 6.45) is 0. The van der Waals surface area contributed by atoms with Gasteiger partial charge in [0.1, 0.15) is 22.6 Å². The SMILES string of the molecule is COc1c(C(=O)O)cc(C(=O)O)c(OC)c1C. The van der Waals surface area contributed by atoms with E-state index in [2.05, 4.69) is 0 Å². The maximum atomic E-state index is 11.0. The van der Waals surface area contributed by atoms with E-state index in [1.165, 1.54) is 21.1 Å². The van der Waals surface area contributed by atoms with Gasteiger partial charge in [0.05, 0.1) is 14.2 Å². The summed E-state index contributed by atoms with van der Waals surface area (Å²) in [6.45, 7) is 1.54. The van der Waals surface area contributed by atoms with Crippen LogP contribution in [-0.4, -0.2) is 36.4 Å². The minimum Gasteiger partial charge on any atom is -0.495 e. The first kappa shape index (κ1) is 12.8. The van der Waals surface area contributed by atoms with Gasteiger partial charge in [-0.2, -0.15) is 0 Å². The van der Waals surface area contributed by atoms with Crippen LogP contribution in [-0.2, 0) is 0 Å². The summed E-state index contributed by atoms with van der Waals surface area (Å²) in [5.74, 6) is -2.32. The van der Waals surface area contributed by atoms with E-state index < -0.39 is 11.9 Å². The molecular weight excluding hydrogens is 228 g/mol. The van der Waals surface area contributed by atoms with Gasteiger partial charge in [-0.1, -0.05) is 0 Å². The molecule has 0 amide bonds. The second-order valence-electron chi connectivity index (χ2n) is 3.27. The number of hydrogen-bond acceptors (Lipinski definition) is 4. The lowest BCUT2D eigenvalue weighted by Gasteiger charge is -2.14. The summed E-state index contributed by atoms with van der Waals surface area (Å²) in [7, 11) is 2.63. The summed E-state index contributed by atoms with van der Waals surface area (Å²) in [4.78, 5) is 22.0. The first-order valence-electron chi connectivity index (χ1n) is 4.66. The van der Waals surface area contributed by atoms with Crippen LogP contribution < -0.4 is 9.47 Å². The van der Waals surface area contributed by atoms with Crippen LogP contribution in [0.25, 0.3) is 0 Å². The monoisotopic (exact) mass is 240 g/mol. The molecule has 92 valence electrons. The van der Waals surface area contributed by atoms with Crippen molar-refractivity contribution < 1.29 is 29.3 Å². The Hall–Kier alpha value is -2.24. The predicted octanol–water partition coefficient (Wildman–Crippen LogP) is 1.41. The van der Waals surface area contributed by atoms with Gasteiger partial charge in [-0.05, 0) is 13.0 Å². The maximum Gasteiger partial charge on any atom is 0.339 e. The largest absolute Gasteiger partial charge is 0.495 e. The van der Waals surface area contributed by atoms with Crippen molar-refractivity contribution in [2.24, 2.45) is 0 Å². The van der Waals surface area contributed by atoms with Gasteiger partial charge >= 0.3 is 11.9 Å². The molecule has 1 aromatic carbocycles. The summed E-state index contributed by atoms with van der Waals surface area (Å²) >= 11 is 0. The minimum atomic E-state index is -1.25. The Kier molecular flexibility index (Phi) is 3.57. The quantitative estimate of drug-likeness (QED) is 0.826. The number of aromatic carboxylic acids is 2. The first-order valence-corrected chi connectivity index (χ1v) is 4.66. The number of benzene rings is 1. The Balaban J connectivity index is 3.66. The molecule has 6 nitrogen and oxygen atoms in total. The molecule has 0 aliphatic carbocycles. The third-order valence-corrected chi connectivity index (χ3v) is 2.33. The number of carboxylic acid groups (broad SMARTS) is 2. The predicted molar refractivity (Wildman–Crippen MR) is 58.2 cm³/mol. The molecule has 0 heterocycles. The third-order valence-electron chi connectivity index (χ3n) is 2.33. The van der Waals surface area contributed by atoms with Crippen LogP contribution in [0.15, 0.2) is 6.07 Å². The first-order chi connectivity index (χ1) is 7.93. The average Bonchev–Trinajstić information content (AvgIpc) is 2.27. The molecule has 17 heavy (non-hydrogen) atoms. The Morgan fingerprint density at radius 1 is 1.00 bits per heavy atom. The molecule has 6 heteroatoms. The second kappa shape index (κ2) is 4.73. The van der Waals surface area contributed by atoms with Crippen molar-refractivity contribution in [2.75, 3.05) is 14.2 Å². The molecule has 0 saturated heterocycles. The number of carboxylic acids is 2. The van der Waals surface area contributed by atoms with Crippen molar-refractivity contribution in [1.29, 1.82) is 0 Å². The lowest BCUT2D eigenvalue weighted by Crippen LogP contribution is -2.09. The fourth-order valence-electron chi connectivity index (χ4n) is 1.63. The molecule has 0 spiro atoms. The highest BCUT2D eigenvalue weighted by atomic mass is 16.5. The van der Waals surface area contributed by atoms with Crippen molar-refractivity contribution in [3.05, 3.63) is 22.8 Å². The van der Waals surface area contributed by atoms with Gasteiger partial charge in [-0.25, -0.2) is 9.59 Å². The lowest BCUT2D eigenvalue weighted by molar-refractivity contribution is 0.0693. The summed E-state index contributed by atoms with van der Waals surface area (Å²) in [5, 5.41) is 18.0. The zero-order valence-corrected chi connectivity index (χ0v) is 9.60. The van der Waals surface area contributed by atoms with E-state index in [-0.39, 0.29) is 22.6 Å². The van der Waals surface area contributed by atoms with Crippen LogP contribution in [0.3, 0.4) is 0 Å². The van der Waals surface area contributed by atoms with Crippen LogP contribution in [0, 0.1) is 6.92 Å². The van der Waals surface area contributed by atoms with Gasteiger partial charge in [-0.15, -0.1) is 0 Å². The van der Waals surface area contributed by atoms with Crippen LogP contribution in [0.4, 0.5) is 0 Å². The average molecular weight is 240 g/mol. The molecule has 0 aliphatic heterocycles. The van der Waals surface area contributed by atoms with Crippen LogP contribution in [0.1, 0.15) is 26.3 Å². The molecule has 0 unspecified atom stereocenters. The number of methoxy groups -OCH3 is 2. The van der Waals surface area contributed by atoms with E-state index in [1.54, 1.807) is 0 Å². The fourth-order valence-corrected chi connectivity index (χ4v) is 1.63. The molecule has 0 aromatic heterocycles. The van der Waals surface area contributed by atoms with Crippen molar-refractivity contribution in [1.82, 2.24) is 0 Å². The maximum absolute atomic E-state index is 11.0. The fraction of sp³-hybridized carbons (Fsp3) is 0.273. The third kappa shape index (κ3) is 2.15. The molecule has 0 fully saturated rings. The van der Waals surface area contributed by atoms with E-state index in [0.717, 1.165) is 6.07 Å². The normalized spacial score (nSPS) is 9.82. The van der Waals surface area contributed by atoms with Crippen molar-refractivity contribution in [2.45, 2.75) is 6.92 Å². The molecule has 0 aliphatic rings. The van der Waals surface area contributed by atoms with Crippen LogP contribution in [0.5, 0.6) is 11.5 Å². The Morgan fingerprint density at radius 3 is 1.59 bits per heavy atom. The zero-order chi connectivity index (χ0) is 13.2. The molecule has 0 bridgehead atoms. The highest BCUT2D eigenvalue weighted by Crippen LogP contribution is 2.35. The van der Waals surface area contributed by atoms with Gasteiger partial charge < -0.3 is 19.7 Å².